The maximum Gasteiger partial charge on any atom is 0.0719 e. The highest BCUT2D eigenvalue weighted by Gasteiger charge is 2.47. The summed E-state index contributed by atoms with van der Waals surface area (Å²) in [5.74, 6) is 0. The molecule has 214 valence electrons. The van der Waals surface area contributed by atoms with Crippen LogP contribution >= 0.6 is 11.8 Å². The third-order valence-corrected chi connectivity index (χ3v) is 11.2. The van der Waals surface area contributed by atoms with Gasteiger partial charge in [0.25, 0.3) is 0 Å². The monoisotopic (exact) mass is 600 g/mol. The highest BCUT2D eigenvalue weighted by Crippen LogP contribution is 2.58. The Morgan fingerprint density at radius 1 is 0.391 bits per heavy atom. The van der Waals surface area contributed by atoms with Crippen molar-refractivity contribution in [3.63, 3.8) is 0 Å². The molecule has 1 aliphatic heterocycles. The van der Waals surface area contributed by atoms with Crippen LogP contribution in [0, 0.1) is 0 Å². The minimum absolute atomic E-state index is 0.434. The molecule has 0 N–H and O–H groups in total. The third kappa shape index (κ3) is 3.52. The second-order valence-electron chi connectivity index (χ2n) is 12.4. The van der Waals surface area contributed by atoms with E-state index in [9.17, 15) is 0 Å². The van der Waals surface area contributed by atoms with Crippen LogP contribution in [-0.4, -0.2) is 0 Å². The molecule has 1 unspecified atom stereocenters. The summed E-state index contributed by atoms with van der Waals surface area (Å²) < 4.78 is 0. The Morgan fingerprint density at radius 3 is 1.98 bits per heavy atom. The van der Waals surface area contributed by atoms with Gasteiger partial charge in [-0.1, -0.05) is 163 Å². The molecule has 0 aromatic heterocycles. The normalized spacial score (nSPS) is 15.8. The zero-order valence-electron chi connectivity index (χ0n) is 25.1. The lowest BCUT2D eigenvalue weighted by atomic mass is 9.66. The van der Waals surface area contributed by atoms with Crippen LogP contribution in [0.15, 0.2) is 180 Å². The van der Waals surface area contributed by atoms with Gasteiger partial charge in [-0.3, -0.25) is 0 Å². The Labute approximate surface area is 273 Å². The molecule has 2 aliphatic rings. The molecule has 0 saturated carbocycles. The first-order valence-corrected chi connectivity index (χ1v) is 16.7. The molecule has 0 spiro atoms. The summed E-state index contributed by atoms with van der Waals surface area (Å²) in [4.78, 5) is 2.65. The predicted octanol–water partition coefficient (Wildman–Crippen LogP) is 12.2. The quantitative estimate of drug-likeness (QED) is 0.194. The van der Waals surface area contributed by atoms with E-state index in [-0.39, 0.29) is 0 Å². The first-order valence-electron chi connectivity index (χ1n) is 15.9. The van der Waals surface area contributed by atoms with Crippen LogP contribution in [0.2, 0.25) is 0 Å². The molecule has 10 rings (SSSR count). The predicted molar refractivity (Wildman–Crippen MR) is 194 cm³/mol. The lowest BCUT2D eigenvalue weighted by molar-refractivity contribution is 0.775. The van der Waals surface area contributed by atoms with Gasteiger partial charge in [0.15, 0.2) is 0 Å². The van der Waals surface area contributed by atoms with Gasteiger partial charge in [-0.05, 0) is 90.0 Å². The van der Waals surface area contributed by atoms with Crippen LogP contribution in [0.5, 0.6) is 0 Å². The fourth-order valence-electron chi connectivity index (χ4n) is 8.20. The molecule has 0 radical (unpaired) electrons. The molecule has 0 bridgehead atoms. The van der Waals surface area contributed by atoms with Gasteiger partial charge in [-0.25, -0.2) is 0 Å². The summed E-state index contributed by atoms with van der Waals surface area (Å²) >= 11 is 1.89. The van der Waals surface area contributed by atoms with Crippen molar-refractivity contribution in [3.05, 3.63) is 192 Å². The molecule has 1 heteroatoms. The molecule has 8 aromatic carbocycles. The van der Waals surface area contributed by atoms with Crippen LogP contribution < -0.4 is 0 Å². The fourth-order valence-corrected chi connectivity index (χ4v) is 9.39. The van der Waals surface area contributed by atoms with E-state index in [1.165, 1.54) is 87.0 Å². The minimum Gasteiger partial charge on any atom is -0.0888 e. The molecular weight excluding hydrogens is 573 g/mol. The molecule has 8 aromatic rings. The first-order chi connectivity index (χ1) is 22.8. The van der Waals surface area contributed by atoms with Crippen molar-refractivity contribution in [1.29, 1.82) is 0 Å². The maximum atomic E-state index is 2.39. The van der Waals surface area contributed by atoms with E-state index < -0.39 is 5.41 Å². The Balaban J connectivity index is 1.20. The van der Waals surface area contributed by atoms with E-state index in [4.69, 9.17) is 0 Å². The van der Waals surface area contributed by atoms with Gasteiger partial charge in [0.05, 0.1) is 5.41 Å². The Kier molecular flexibility index (Phi) is 5.53. The molecule has 0 fully saturated rings. The van der Waals surface area contributed by atoms with E-state index in [1.54, 1.807) is 0 Å². The summed E-state index contributed by atoms with van der Waals surface area (Å²) in [7, 11) is 0. The van der Waals surface area contributed by atoms with Crippen LogP contribution in [0.3, 0.4) is 0 Å². The van der Waals surface area contributed by atoms with E-state index in [0.717, 1.165) is 0 Å². The zero-order valence-corrected chi connectivity index (χ0v) is 25.9. The second-order valence-corrected chi connectivity index (χ2v) is 13.5. The fraction of sp³-hybridized carbons (Fsp3) is 0.0222. The van der Waals surface area contributed by atoms with Crippen LogP contribution in [0.25, 0.3) is 54.9 Å². The van der Waals surface area contributed by atoms with E-state index in [2.05, 4.69) is 170 Å². The van der Waals surface area contributed by atoms with Gasteiger partial charge < -0.3 is 0 Å². The molecule has 46 heavy (non-hydrogen) atoms. The van der Waals surface area contributed by atoms with Crippen molar-refractivity contribution in [2.75, 3.05) is 0 Å². The third-order valence-electron chi connectivity index (χ3n) is 10.1. The van der Waals surface area contributed by atoms with Crippen molar-refractivity contribution in [1.82, 2.24) is 0 Å². The SMILES string of the molecule is c1ccc(C2(c3ccc(-c4cc5c6c(cccc6c4)-c4ccccc4S5)cc3)c3ccccc3-c3ccc4ccccc4c32)cc1. The zero-order chi connectivity index (χ0) is 30.2. The average molecular weight is 601 g/mol. The van der Waals surface area contributed by atoms with Crippen LogP contribution in [0.1, 0.15) is 22.3 Å². The molecule has 0 saturated heterocycles. The van der Waals surface area contributed by atoms with Gasteiger partial charge in [0.1, 0.15) is 0 Å². The Morgan fingerprint density at radius 2 is 1.09 bits per heavy atom. The summed E-state index contributed by atoms with van der Waals surface area (Å²) in [6.45, 7) is 0. The smallest absolute Gasteiger partial charge is 0.0719 e. The first kappa shape index (κ1) is 25.9. The largest absolute Gasteiger partial charge is 0.0888 e. The lowest BCUT2D eigenvalue weighted by Crippen LogP contribution is -2.28. The topological polar surface area (TPSA) is 0 Å². The minimum atomic E-state index is -0.434. The van der Waals surface area contributed by atoms with Crippen molar-refractivity contribution in [3.8, 4) is 33.4 Å². The van der Waals surface area contributed by atoms with Gasteiger partial charge in [0.2, 0.25) is 0 Å². The highest BCUT2D eigenvalue weighted by atomic mass is 32.2. The second kappa shape index (κ2) is 9.81. The van der Waals surface area contributed by atoms with Crippen LogP contribution in [0.4, 0.5) is 0 Å². The number of rotatable bonds is 3. The van der Waals surface area contributed by atoms with Gasteiger partial charge in [-0.2, -0.15) is 0 Å². The van der Waals surface area contributed by atoms with Crippen molar-refractivity contribution >= 4 is 33.3 Å². The molecule has 0 nitrogen and oxygen atoms in total. The summed E-state index contributed by atoms with van der Waals surface area (Å²) in [6.07, 6.45) is 0. The molecule has 1 atom stereocenters. The van der Waals surface area contributed by atoms with Crippen molar-refractivity contribution < 1.29 is 0 Å². The molecular formula is C45H28S. The summed E-state index contributed by atoms with van der Waals surface area (Å²) in [5, 5.41) is 5.24. The molecule has 1 heterocycles. The van der Waals surface area contributed by atoms with Crippen LogP contribution in [-0.2, 0) is 5.41 Å². The van der Waals surface area contributed by atoms with Gasteiger partial charge in [-0.15, -0.1) is 0 Å². The average Bonchev–Trinajstić information content (AvgIpc) is 3.44. The lowest BCUT2D eigenvalue weighted by Gasteiger charge is -2.34. The number of hydrogen-bond acceptors (Lipinski definition) is 1. The Hall–Kier alpha value is -5.37. The highest BCUT2D eigenvalue weighted by molar-refractivity contribution is 7.99. The summed E-state index contributed by atoms with van der Waals surface area (Å²) in [5.41, 5.74) is 12.7. The van der Waals surface area contributed by atoms with Gasteiger partial charge in [0, 0.05) is 15.2 Å². The van der Waals surface area contributed by atoms with Gasteiger partial charge >= 0.3 is 0 Å². The summed E-state index contributed by atoms with van der Waals surface area (Å²) in [6, 6.07) is 63.3. The molecule has 0 amide bonds. The van der Waals surface area contributed by atoms with E-state index in [1.807, 2.05) is 11.8 Å². The number of benzene rings is 8. The van der Waals surface area contributed by atoms with Crippen molar-refractivity contribution in [2.45, 2.75) is 15.2 Å². The maximum absolute atomic E-state index is 2.39. The number of fused-ring (bicyclic) bond motifs is 7. The van der Waals surface area contributed by atoms with E-state index in [0.29, 0.717) is 0 Å². The number of hydrogen-bond donors (Lipinski definition) is 0. The van der Waals surface area contributed by atoms with E-state index >= 15 is 0 Å². The standard InChI is InChI=1S/C45H28S/c1-2-13-33(14-3-1)45(40-19-8-6-16-36(40)39-26-23-30-11-4-5-15-35(30)44(39)45)34-24-21-29(22-25-34)32-27-31-12-10-18-38-37-17-7-9-20-41(37)46-42(28-32)43(31)38/h1-28H. The Bertz CT molecular complexity index is 2490. The molecule has 1 aliphatic carbocycles. The van der Waals surface area contributed by atoms with Crippen molar-refractivity contribution in [2.24, 2.45) is 0 Å².